The molecular formula is C4H9KO3. The molecule has 8 heavy (non-hydrogen) atoms. The van der Waals surface area contributed by atoms with Crippen LogP contribution in [0.15, 0.2) is 0 Å². The van der Waals surface area contributed by atoms with Gasteiger partial charge in [-0.3, -0.25) is 0 Å². The molecule has 0 rings (SSSR count). The maximum atomic E-state index is 9.94. The van der Waals surface area contributed by atoms with Gasteiger partial charge in [0, 0.05) is 0 Å². The van der Waals surface area contributed by atoms with E-state index in [0.29, 0.717) is 6.61 Å². The van der Waals surface area contributed by atoms with Crippen LogP contribution in [0.25, 0.3) is 0 Å². The van der Waals surface area contributed by atoms with Gasteiger partial charge in [-0.1, -0.05) is 0 Å². The van der Waals surface area contributed by atoms with Crippen LogP contribution in [0.5, 0.6) is 0 Å². The minimum atomic E-state index is -0.567. The molecule has 44 valence electrons. The molecule has 0 aromatic rings. The van der Waals surface area contributed by atoms with E-state index in [1.165, 1.54) is 0 Å². The third kappa shape index (κ3) is 7.07. The van der Waals surface area contributed by atoms with Crippen molar-refractivity contribution in [2.75, 3.05) is 13.2 Å². The topological polar surface area (TPSA) is 46.5 Å². The zero-order chi connectivity index (χ0) is 5.70. The van der Waals surface area contributed by atoms with Gasteiger partial charge in [0.1, 0.15) is 6.61 Å². The molecule has 3 nitrogen and oxygen atoms in total. The Hall–Kier alpha value is 1.07. The van der Waals surface area contributed by atoms with Crippen molar-refractivity contribution in [2.45, 2.75) is 6.92 Å². The summed E-state index contributed by atoms with van der Waals surface area (Å²) < 4.78 is 4.30. The average Bonchev–Trinajstić information content (AvgIpc) is 1.68. The number of aliphatic hydroxyl groups excluding tert-OH is 1. The van der Waals surface area contributed by atoms with Gasteiger partial charge in [0.2, 0.25) is 0 Å². The fraction of sp³-hybridized carbons (Fsp3) is 0.750. The van der Waals surface area contributed by atoms with Crippen molar-refractivity contribution in [1.29, 1.82) is 0 Å². The SMILES string of the molecule is CCOC(=O)CO.[KH]. The van der Waals surface area contributed by atoms with Crippen molar-refractivity contribution < 1.29 is 14.6 Å². The molecule has 0 aliphatic rings. The number of carbonyl (C=O) groups excluding carboxylic acids is 1. The number of esters is 1. The molecule has 0 saturated heterocycles. The summed E-state index contributed by atoms with van der Waals surface area (Å²) in [7, 11) is 0. The van der Waals surface area contributed by atoms with Crippen LogP contribution in [0.4, 0.5) is 0 Å². The predicted octanol–water partition coefficient (Wildman–Crippen LogP) is -1.11. The predicted molar refractivity (Wildman–Crippen MR) is 30.9 cm³/mol. The standard InChI is InChI=1S/C4H8O3.K.H/c1-2-7-4(6)3-5;;/h5H,2-3H2,1H3;;. The number of ether oxygens (including phenoxy) is 1. The Balaban J connectivity index is 0. The van der Waals surface area contributed by atoms with Crippen LogP contribution in [0.3, 0.4) is 0 Å². The zero-order valence-electron chi connectivity index (χ0n) is 4.18. The van der Waals surface area contributed by atoms with Crippen LogP contribution in [0, 0.1) is 0 Å². The summed E-state index contributed by atoms with van der Waals surface area (Å²) in [6, 6.07) is 0. The van der Waals surface area contributed by atoms with Crippen LogP contribution in [0.1, 0.15) is 6.92 Å². The summed E-state index contributed by atoms with van der Waals surface area (Å²) >= 11 is 0. The van der Waals surface area contributed by atoms with Gasteiger partial charge in [-0.2, -0.15) is 0 Å². The monoisotopic (exact) mass is 144 g/mol. The third-order valence-electron chi connectivity index (χ3n) is 0.434. The van der Waals surface area contributed by atoms with Crippen molar-refractivity contribution in [3.8, 4) is 0 Å². The molecule has 0 amide bonds. The van der Waals surface area contributed by atoms with E-state index in [1.807, 2.05) is 0 Å². The van der Waals surface area contributed by atoms with Crippen LogP contribution in [-0.4, -0.2) is 75.7 Å². The molecule has 0 heterocycles. The Morgan fingerprint density at radius 3 is 2.38 bits per heavy atom. The fourth-order valence-corrected chi connectivity index (χ4v) is 0.207. The van der Waals surface area contributed by atoms with Crippen LogP contribution in [0.2, 0.25) is 0 Å². The van der Waals surface area contributed by atoms with E-state index < -0.39 is 12.6 Å². The summed E-state index contributed by atoms with van der Waals surface area (Å²) in [5, 5.41) is 7.99. The molecule has 0 atom stereocenters. The first-order valence-electron chi connectivity index (χ1n) is 2.07. The molecule has 0 radical (unpaired) electrons. The Labute approximate surface area is 90.8 Å². The van der Waals surface area contributed by atoms with E-state index >= 15 is 0 Å². The first kappa shape index (κ1) is 11.8. The van der Waals surface area contributed by atoms with Crippen LogP contribution in [-0.2, 0) is 9.53 Å². The second-order valence-electron chi connectivity index (χ2n) is 0.963. The van der Waals surface area contributed by atoms with E-state index in [0.717, 1.165) is 0 Å². The molecule has 0 fully saturated rings. The molecule has 0 aromatic carbocycles. The Bertz CT molecular complexity index is 64.3. The molecule has 0 unspecified atom stereocenters. The molecule has 0 aromatic heterocycles. The number of rotatable bonds is 2. The average molecular weight is 144 g/mol. The van der Waals surface area contributed by atoms with Gasteiger partial charge in [0.15, 0.2) is 0 Å². The zero-order valence-corrected chi connectivity index (χ0v) is 4.18. The van der Waals surface area contributed by atoms with E-state index in [1.54, 1.807) is 6.92 Å². The van der Waals surface area contributed by atoms with E-state index in [4.69, 9.17) is 5.11 Å². The summed E-state index contributed by atoms with van der Waals surface area (Å²) in [4.78, 5) is 9.94. The second-order valence-corrected chi connectivity index (χ2v) is 0.963. The molecule has 0 saturated carbocycles. The Kier molecular flexibility index (Phi) is 11.9. The van der Waals surface area contributed by atoms with Crippen molar-refractivity contribution in [3.63, 3.8) is 0 Å². The van der Waals surface area contributed by atoms with Crippen molar-refractivity contribution in [3.05, 3.63) is 0 Å². The summed E-state index contributed by atoms with van der Waals surface area (Å²) in [5.74, 6) is -0.567. The third-order valence-corrected chi connectivity index (χ3v) is 0.434. The first-order valence-corrected chi connectivity index (χ1v) is 2.07. The van der Waals surface area contributed by atoms with Crippen LogP contribution < -0.4 is 0 Å². The van der Waals surface area contributed by atoms with Gasteiger partial charge in [-0.25, -0.2) is 4.79 Å². The number of carbonyl (C=O) groups is 1. The van der Waals surface area contributed by atoms with Gasteiger partial charge < -0.3 is 9.84 Å². The summed E-state index contributed by atoms with van der Waals surface area (Å²) in [5.41, 5.74) is 0. The van der Waals surface area contributed by atoms with E-state index in [9.17, 15) is 4.79 Å². The Morgan fingerprint density at radius 2 is 2.25 bits per heavy atom. The molecule has 0 aliphatic carbocycles. The molecule has 0 aliphatic heterocycles. The number of hydrogen-bond donors (Lipinski definition) is 1. The van der Waals surface area contributed by atoms with Gasteiger partial charge in [-0.05, 0) is 6.92 Å². The van der Waals surface area contributed by atoms with Crippen molar-refractivity contribution in [2.24, 2.45) is 0 Å². The molecule has 1 N–H and O–H groups in total. The summed E-state index contributed by atoms with van der Waals surface area (Å²) in [6.45, 7) is 1.50. The first-order chi connectivity index (χ1) is 3.31. The normalized spacial score (nSPS) is 7.25. The summed E-state index contributed by atoms with van der Waals surface area (Å²) in [6.07, 6.45) is 0. The van der Waals surface area contributed by atoms with Crippen LogP contribution >= 0.6 is 0 Å². The number of hydrogen-bond acceptors (Lipinski definition) is 3. The van der Waals surface area contributed by atoms with E-state index in [2.05, 4.69) is 4.74 Å². The minimum absolute atomic E-state index is 0. The molecule has 0 bridgehead atoms. The van der Waals surface area contributed by atoms with Gasteiger partial charge >= 0.3 is 57.4 Å². The number of aliphatic hydroxyl groups is 1. The molecule has 4 heteroatoms. The van der Waals surface area contributed by atoms with Gasteiger partial charge in [0.05, 0.1) is 6.61 Å². The molecular weight excluding hydrogens is 135 g/mol. The Morgan fingerprint density at radius 1 is 1.75 bits per heavy atom. The molecule has 0 spiro atoms. The van der Waals surface area contributed by atoms with Gasteiger partial charge in [0.25, 0.3) is 0 Å². The fourth-order valence-electron chi connectivity index (χ4n) is 0.207. The van der Waals surface area contributed by atoms with E-state index in [-0.39, 0.29) is 51.4 Å². The quantitative estimate of drug-likeness (QED) is 0.395. The maximum absolute atomic E-state index is 9.94. The van der Waals surface area contributed by atoms with Crippen molar-refractivity contribution in [1.82, 2.24) is 0 Å². The second kappa shape index (κ2) is 8.07. The van der Waals surface area contributed by atoms with Gasteiger partial charge in [-0.15, -0.1) is 0 Å². The van der Waals surface area contributed by atoms with Crippen molar-refractivity contribution >= 4 is 57.4 Å².